The maximum atomic E-state index is 13.7. The van der Waals surface area contributed by atoms with Gasteiger partial charge in [-0.1, -0.05) is 59.6 Å². The van der Waals surface area contributed by atoms with Gasteiger partial charge in [0.25, 0.3) is 11.8 Å². The zero-order valence-corrected chi connectivity index (χ0v) is 55.2. The second-order valence-electron chi connectivity index (χ2n) is 27.5. The summed E-state index contributed by atoms with van der Waals surface area (Å²) in [6.45, 7) is 4.10. The molecule has 2 amide bonds. The van der Waals surface area contributed by atoms with E-state index in [2.05, 4.69) is 67.8 Å². The Morgan fingerprint density at radius 3 is 1.36 bits per heavy atom. The number of carbonyl (C=O) groups is 2. The highest BCUT2D eigenvalue weighted by atomic mass is 35.5. The number of fused-ring (bicyclic) bond motifs is 10. The van der Waals surface area contributed by atoms with Crippen LogP contribution in [0.25, 0.3) is 0 Å². The maximum Gasteiger partial charge on any atom is 0.264 e. The third-order valence-corrected chi connectivity index (χ3v) is 26.6. The van der Waals surface area contributed by atoms with Gasteiger partial charge >= 0.3 is 0 Å². The highest BCUT2D eigenvalue weighted by Gasteiger charge is 2.49. The fourth-order valence-corrected chi connectivity index (χ4v) is 21.2. The number of benzene rings is 4. The van der Waals surface area contributed by atoms with Gasteiger partial charge in [-0.25, -0.2) is 26.3 Å². The van der Waals surface area contributed by atoms with E-state index in [0.717, 1.165) is 112 Å². The molecule has 4 aliphatic heterocycles. The molecule has 2 spiro atoms. The minimum atomic E-state index is -3.96. The van der Waals surface area contributed by atoms with Crippen molar-refractivity contribution in [1.29, 1.82) is 0 Å². The molecule has 10 aliphatic rings. The summed E-state index contributed by atoms with van der Waals surface area (Å²) in [6, 6.07) is 23.1. The highest BCUT2D eigenvalue weighted by Crippen LogP contribution is 2.50. The third-order valence-electron chi connectivity index (χ3n) is 22.5. The fourth-order valence-electron chi connectivity index (χ4n) is 17.4. The number of carbonyl (C=O) groups excluding carboxylic acids is 2. The second kappa shape index (κ2) is 26.0. The summed E-state index contributed by atoms with van der Waals surface area (Å²) in [5.41, 5.74) is 6.92. The van der Waals surface area contributed by atoms with Crippen LogP contribution in [-0.4, -0.2) is 131 Å². The van der Waals surface area contributed by atoms with Crippen molar-refractivity contribution < 1.29 is 54.8 Å². The smallest absolute Gasteiger partial charge is 0.264 e. The van der Waals surface area contributed by atoms with Gasteiger partial charge in [-0.3, -0.25) is 9.59 Å². The van der Waals surface area contributed by atoms with Gasteiger partial charge in [0.1, 0.15) is 11.5 Å². The lowest BCUT2D eigenvalue weighted by Gasteiger charge is -2.46. The Labute approximate surface area is 541 Å². The molecule has 4 bridgehead atoms. The number of ether oxygens (including phenoxy) is 6. The monoisotopic (exact) mass is 1310 g/mol. The highest BCUT2D eigenvalue weighted by molar-refractivity contribution is 7.91. The summed E-state index contributed by atoms with van der Waals surface area (Å²) in [7, 11) is -1.15. The number of sulfonamides is 2. The van der Waals surface area contributed by atoms with Crippen molar-refractivity contribution in [2.45, 2.75) is 148 Å². The summed E-state index contributed by atoms with van der Waals surface area (Å²) in [6.07, 6.45) is 21.5. The first-order chi connectivity index (χ1) is 43.4. The Morgan fingerprint density at radius 2 is 0.967 bits per heavy atom. The lowest BCUT2D eigenvalue weighted by molar-refractivity contribution is 0.0130. The van der Waals surface area contributed by atoms with Crippen molar-refractivity contribution in [1.82, 2.24) is 9.44 Å². The Hall–Kier alpha value is -5.18. The molecule has 0 unspecified atom stereocenters. The van der Waals surface area contributed by atoms with E-state index in [-0.39, 0.29) is 47.1 Å². The maximum absolute atomic E-state index is 13.7. The second-order valence-corrected chi connectivity index (χ2v) is 32.2. The number of hydrogen-bond acceptors (Lipinski definition) is 14. The summed E-state index contributed by atoms with van der Waals surface area (Å²) >= 11 is 12.8. The van der Waals surface area contributed by atoms with E-state index in [0.29, 0.717) is 98.0 Å². The Kier molecular flexibility index (Phi) is 18.3. The number of nitrogens with zero attached hydrogens (tertiary/aromatic N) is 2. The van der Waals surface area contributed by atoms with E-state index in [9.17, 15) is 26.4 Å². The number of rotatable bonds is 4. The van der Waals surface area contributed by atoms with Gasteiger partial charge in [0.2, 0.25) is 20.0 Å². The molecule has 20 heteroatoms. The zero-order valence-electron chi connectivity index (χ0n) is 52.1. The van der Waals surface area contributed by atoms with Gasteiger partial charge in [-0.15, -0.1) is 0 Å². The SMILES string of the molecule is CO[C@@H]1C[C@H]2C/C=C/[C@H](OC)[C@@H]3CC[C@H]3CN3C[C@@]4(CCCc5cc(Cl)ccc54)COc4ccc(cc43)C(=O)NS(=O)(=O)[C@@H]2C1.CO[C@H]1C[C@@H]2C/C=C/[C@H](OC)[C@@H]3CC[C@H]3CN3C[C@@]4(CCCc5cc(Cl)ccc54)COc4ccc(cc43)C(=O)NS(=O)(=O)[C@H]2C1. The molecule has 0 saturated heterocycles. The van der Waals surface area contributed by atoms with Crippen LogP contribution in [0.1, 0.15) is 133 Å². The summed E-state index contributed by atoms with van der Waals surface area (Å²) in [5.74, 6) is 1.40. The average molecular weight is 1310 g/mol. The van der Waals surface area contributed by atoms with Gasteiger partial charge in [0, 0.05) is 86.6 Å². The van der Waals surface area contributed by atoms with Gasteiger partial charge in [-0.05, 0) is 221 Å². The van der Waals surface area contributed by atoms with Crippen molar-refractivity contribution in [3.63, 3.8) is 0 Å². The Morgan fingerprint density at radius 1 is 0.533 bits per heavy atom. The lowest BCUT2D eigenvalue weighted by Crippen LogP contribution is -2.49. The van der Waals surface area contributed by atoms with Crippen LogP contribution < -0.4 is 28.7 Å². The lowest BCUT2D eigenvalue weighted by atomic mass is 9.68. The van der Waals surface area contributed by atoms with Crippen LogP contribution in [0.5, 0.6) is 11.5 Å². The quantitative estimate of drug-likeness (QED) is 0.184. The molecule has 90 heavy (non-hydrogen) atoms. The first-order valence-electron chi connectivity index (χ1n) is 32.6. The summed E-state index contributed by atoms with van der Waals surface area (Å²) < 4.78 is 96.0. The number of hydrogen-bond donors (Lipinski definition) is 2. The third kappa shape index (κ3) is 12.5. The molecule has 4 aromatic carbocycles. The Bertz CT molecular complexity index is 3430. The molecular weight excluding hydrogens is 1220 g/mol. The van der Waals surface area contributed by atoms with Crippen LogP contribution in [0.4, 0.5) is 11.4 Å². The molecule has 14 atom stereocenters. The van der Waals surface area contributed by atoms with Crippen molar-refractivity contribution in [2.24, 2.45) is 35.5 Å². The number of amides is 2. The van der Waals surface area contributed by atoms with E-state index in [4.69, 9.17) is 51.6 Å². The summed E-state index contributed by atoms with van der Waals surface area (Å²) in [4.78, 5) is 32.0. The van der Waals surface area contributed by atoms with Crippen LogP contribution in [0.3, 0.4) is 0 Å². The molecule has 4 heterocycles. The topological polar surface area (TPSA) is 188 Å². The Balaban J connectivity index is 0.000000165. The number of aryl methyl sites for hydroxylation is 2. The van der Waals surface area contributed by atoms with Gasteiger partial charge in [-0.2, -0.15) is 0 Å². The van der Waals surface area contributed by atoms with Crippen LogP contribution in [0.2, 0.25) is 10.0 Å². The van der Waals surface area contributed by atoms with E-state index in [1.807, 2.05) is 36.4 Å². The van der Waals surface area contributed by atoms with Gasteiger partial charge in [0.05, 0.1) is 59.5 Å². The molecule has 6 aliphatic carbocycles. The molecule has 4 fully saturated rings. The number of nitrogens with one attached hydrogen (secondary N) is 2. The van der Waals surface area contributed by atoms with E-state index in [1.54, 1.807) is 40.6 Å². The van der Waals surface area contributed by atoms with E-state index >= 15 is 0 Å². The van der Waals surface area contributed by atoms with Crippen molar-refractivity contribution in [3.8, 4) is 11.5 Å². The van der Waals surface area contributed by atoms with E-state index < -0.39 is 42.4 Å². The molecule has 4 aromatic rings. The summed E-state index contributed by atoms with van der Waals surface area (Å²) in [5, 5.41) is 0.0531. The number of anilines is 2. The predicted molar refractivity (Wildman–Crippen MR) is 349 cm³/mol. The van der Waals surface area contributed by atoms with Crippen molar-refractivity contribution in [2.75, 3.05) is 77.6 Å². The predicted octanol–water partition coefficient (Wildman–Crippen LogP) is 11.3. The molecule has 2 N–H and O–H groups in total. The zero-order chi connectivity index (χ0) is 62.7. The fraction of sp³-hybridized carbons (Fsp3) is 0.571. The molecule has 484 valence electrons. The molecule has 14 rings (SSSR count). The number of allylic oxidation sites excluding steroid dienone is 2. The molecule has 16 nitrogen and oxygen atoms in total. The molecule has 0 radical (unpaired) electrons. The molecule has 0 aromatic heterocycles. The largest absolute Gasteiger partial charge is 0.490 e. The van der Waals surface area contributed by atoms with Crippen molar-refractivity contribution in [3.05, 3.63) is 141 Å². The van der Waals surface area contributed by atoms with Crippen LogP contribution in [0.15, 0.2) is 97.1 Å². The van der Waals surface area contributed by atoms with Gasteiger partial charge < -0.3 is 38.2 Å². The normalized spacial score (nSPS) is 34.7. The van der Waals surface area contributed by atoms with Crippen LogP contribution in [-0.2, 0) is 62.7 Å². The number of methoxy groups -OCH3 is 4. The minimum absolute atomic E-state index is 0.0495. The number of halogens is 2. The molecular formula is C70H86Cl2N4O12S2. The van der Waals surface area contributed by atoms with Crippen molar-refractivity contribution >= 4 is 66.4 Å². The first kappa shape index (κ1) is 63.6. The van der Waals surface area contributed by atoms with Gasteiger partial charge in [0.15, 0.2) is 0 Å². The molecule has 4 saturated carbocycles. The standard InChI is InChI=1S/2C35H43ClN2O6S/c2*1-42-27-16-23-5-3-7-31(43-2)28-11-8-25(28)19-38-20-35(14-4-6-22-15-26(36)10-12-29(22)35)21-44-32-13-9-24(17-30(32)38)34(39)37-45(40,41)33(23)18-27/h2*3,7,9-10,12-13,15,17,23,25,27-28,31,33H,4-6,8,11,14,16,18-21H2,1-2H3,(H,37,39)/b2*7-3+/t23-,25+,27-,28-,31+,33-,35+;23-,25-,27-,28+,31-,33-,35-/m10/s1. The first-order valence-corrected chi connectivity index (χ1v) is 36.4. The average Bonchev–Trinajstić information content (AvgIpc) is 1.50. The van der Waals surface area contributed by atoms with Crippen LogP contribution in [0, 0.1) is 35.5 Å². The minimum Gasteiger partial charge on any atom is -0.490 e. The van der Waals surface area contributed by atoms with Crippen LogP contribution >= 0.6 is 23.2 Å². The van der Waals surface area contributed by atoms with E-state index in [1.165, 1.54) is 22.3 Å².